The summed E-state index contributed by atoms with van der Waals surface area (Å²) in [5, 5.41) is 4.40. The zero-order chi connectivity index (χ0) is 68.6. The molecule has 0 fully saturated rings. The normalized spacial score (nSPS) is 12.9. The van der Waals surface area contributed by atoms with Crippen molar-refractivity contribution in [2.45, 2.75) is 78.6 Å². The number of hydrogen-bond acceptors (Lipinski definition) is 4. The highest BCUT2D eigenvalue weighted by atomic mass is 16.3. The molecule has 2 aromatic heterocycles. The van der Waals surface area contributed by atoms with E-state index in [4.69, 9.17) is 8.83 Å². The maximum absolute atomic E-state index is 6.73. The van der Waals surface area contributed by atoms with Gasteiger partial charge < -0.3 is 18.6 Å². The lowest BCUT2D eigenvalue weighted by Crippen LogP contribution is -2.61. The summed E-state index contributed by atoms with van der Waals surface area (Å²) >= 11 is 0. The van der Waals surface area contributed by atoms with E-state index >= 15 is 0 Å². The van der Waals surface area contributed by atoms with Gasteiger partial charge in [-0.2, -0.15) is 0 Å². The Morgan fingerprint density at radius 3 is 0.950 bits per heavy atom. The maximum Gasteiger partial charge on any atom is 0.252 e. The molecule has 486 valence electrons. The van der Waals surface area contributed by atoms with E-state index in [1.54, 1.807) is 0 Å². The van der Waals surface area contributed by atoms with E-state index in [9.17, 15) is 0 Å². The van der Waals surface area contributed by atoms with Crippen molar-refractivity contribution in [3.05, 3.63) is 320 Å². The van der Waals surface area contributed by atoms with Crippen LogP contribution < -0.4 is 26.2 Å². The zero-order valence-corrected chi connectivity index (χ0v) is 58.7. The van der Waals surface area contributed by atoms with E-state index < -0.39 is 0 Å². The second-order valence-corrected chi connectivity index (χ2v) is 30.8. The van der Waals surface area contributed by atoms with Crippen molar-refractivity contribution in [1.29, 1.82) is 0 Å². The van der Waals surface area contributed by atoms with Crippen molar-refractivity contribution >= 4 is 101 Å². The smallest absolute Gasteiger partial charge is 0.252 e. The van der Waals surface area contributed by atoms with Crippen LogP contribution in [-0.4, -0.2) is 6.71 Å². The molecule has 2 aliphatic heterocycles. The number of nitrogens with zero attached hydrogens (tertiary/aromatic N) is 2. The molecule has 18 rings (SSSR count). The van der Waals surface area contributed by atoms with Gasteiger partial charge in [0, 0.05) is 66.5 Å². The Labute approximate surface area is 592 Å². The molecule has 0 unspecified atom stereocenters. The van der Waals surface area contributed by atoms with Crippen LogP contribution in [0.1, 0.15) is 79.0 Å². The molecule has 101 heavy (non-hydrogen) atoms. The van der Waals surface area contributed by atoms with Crippen molar-refractivity contribution in [2.75, 3.05) is 9.80 Å². The summed E-state index contributed by atoms with van der Waals surface area (Å²) in [6, 6.07) is 114. The monoisotopic (exact) mass is 1300 g/mol. The largest absolute Gasteiger partial charge is 0.456 e. The maximum atomic E-state index is 6.73. The Hall–Kier alpha value is -11.7. The molecule has 0 bridgehead atoms. The lowest BCUT2D eigenvalue weighted by Gasteiger charge is -2.46. The van der Waals surface area contributed by atoms with E-state index in [0.717, 1.165) is 156 Å². The Morgan fingerprint density at radius 2 is 0.584 bits per heavy atom. The predicted molar refractivity (Wildman–Crippen MR) is 429 cm³/mol. The van der Waals surface area contributed by atoms with Gasteiger partial charge in [0.25, 0.3) is 6.71 Å². The van der Waals surface area contributed by atoms with Crippen LogP contribution in [0, 0.1) is 0 Å². The van der Waals surface area contributed by atoms with Crippen LogP contribution in [0.2, 0.25) is 0 Å². The highest BCUT2D eigenvalue weighted by Crippen LogP contribution is 2.56. The molecule has 0 amide bonds. The number of benzene rings is 14. The van der Waals surface area contributed by atoms with Gasteiger partial charge in [0.15, 0.2) is 0 Å². The van der Waals surface area contributed by atoms with Crippen molar-refractivity contribution in [3.8, 4) is 77.9 Å². The molecule has 0 saturated heterocycles. The van der Waals surface area contributed by atoms with Crippen LogP contribution in [0.3, 0.4) is 0 Å². The van der Waals surface area contributed by atoms with Gasteiger partial charge in [-0.15, -0.1) is 0 Å². The zero-order valence-electron chi connectivity index (χ0n) is 58.7. The summed E-state index contributed by atoms with van der Waals surface area (Å²) < 4.78 is 13.5. The fraction of sp³-hybridized carbons (Fsp3) is 0.125. The number of fused-ring (bicyclic) bond motifs is 10. The SMILES string of the molecule is CC(C)(C)c1ccc(-c2cc3c4c(c2)N(c2c(-c5ccccc5)cc(C(C)(C)C)cc2-c2ccccc2)c2ccc(-c5cccc6oc7ccccc7c56)cc2B4c2cc(-c4cccc5oc6ccccc6c45)ccc2N3c2c(-c3ccccc3)cc(C(C)(C)C)cc2-c2ccccc2)cc1. The molecule has 0 radical (unpaired) electrons. The average molecular weight is 1300 g/mol. The van der Waals surface area contributed by atoms with Crippen LogP contribution in [0.5, 0.6) is 0 Å². The molecule has 5 heteroatoms. The molecule has 2 aliphatic rings. The summed E-state index contributed by atoms with van der Waals surface area (Å²) in [6.07, 6.45) is 0. The van der Waals surface area contributed by atoms with Crippen molar-refractivity contribution in [2.24, 2.45) is 0 Å². The van der Waals surface area contributed by atoms with Gasteiger partial charge in [-0.3, -0.25) is 0 Å². The highest BCUT2D eigenvalue weighted by molar-refractivity contribution is 7.00. The Kier molecular flexibility index (Phi) is 14.3. The fourth-order valence-electron chi connectivity index (χ4n) is 16.2. The Bertz CT molecular complexity index is 5490. The minimum absolute atomic E-state index is 0.0550. The van der Waals surface area contributed by atoms with Gasteiger partial charge in [0.2, 0.25) is 0 Å². The topological polar surface area (TPSA) is 32.8 Å². The molecule has 0 N–H and O–H groups in total. The molecular weight excluding hydrogens is 1220 g/mol. The van der Waals surface area contributed by atoms with Gasteiger partial charge in [-0.25, -0.2) is 0 Å². The molecule has 4 heterocycles. The molecule has 4 nitrogen and oxygen atoms in total. The molecule has 0 aliphatic carbocycles. The number of anilines is 6. The molecule has 0 spiro atoms. The predicted octanol–water partition coefficient (Wildman–Crippen LogP) is 25.1. The molecule has 0 atom stereocenters. The van der Waals surface area contributed by atoms with Crippen molar-refractivity contribution < 1.29 is 8.83 Å². The third-order valence-electron chi connectivity index (χ3n) is 21.3. The number of para-hydroxylation sites is 2. The summed E-state index contributed by atoms with van der Waals surface area (Å²) in [6.45, 7) is 20.7. The first kappa shape index (κ1) is 61.7. The average Bonchev–Trinajstić information content (AvgIpc) is 1.07. The Balaban J connectivity index is 1.05. The van der Waals surface area contributed by atoms with Gasteiger partial charge >= 0.3 is 0 Å². The minimum Gasteiger partial charge on any atom is -0.456 e. The second kappa shape index (κ2) is 23.5. The van der Waals surface area contributed by atoms with E-state index in [2.05, 4.69) is 375 Å². The molecule has 14 aromatic carbocycles. The summed E-state index contributed by atoms with van der Waals surface area (Å²) in [5.74, 6) is 0. The first-order valence-electron chi connectivity index (χ1n) is 35.6. The van der Waals surface area contributed by atoms with Gasteiger partial charge in [-0.05, 0) is 178 Å². The standard InChI is InChI=1S/C96H77BN2O2/c1-94(2,3)68-48-44-60(45-49-68)67-54-83-91-84(55-67)99(93-77(63-32-18-12-19-33-63)58-70(96(7,8)9)59-78(93)64-34-20-13-21-35-64)82-51-47-66(72-39-27-43-88-90(72)74-37-23-25-41-86(74)101-88)53-80(82)97(91)79-52-65(71-38-26-42-87-89(71)73-36-22-24-40-85(73)100-87)46-50-81(79)98(83)92-75(61-28-14-10-15-29-61)56-69(95(4,5)6)57-76(92)62-30-16-11-17-31-62/h10-59H,1-9H3. The molecule has 0 saturated carbocycles. The number of furan rings is 2. The second-order valence-electron chi connectivity index (χ2n) is 30.8. The van der Waals surface area contributed by atoms with E-state index in [-0.39, 0.29) is 23.0 Å². The fourth-order valence-corrected chi connectivity index (χ4v) is 16.2. The summed E-state index contributed by atoms with van der Waals surface area (Å²) in [5.41, 5.74) is 33.0. The Morgan fingerprint density at radius 1 is 0.248 bits per heavy atom. The quantitative estimate of drug-likeness (QED) is 0.135. The van der Waals surface area contributed by atoms with Gasteiger partial charge in [0.1, 0.15) is 22.3 Å². The summed E-state index contributed by atoms with van der Waals surface area (Å²) in [4.78, 5) is 5.38. The number of rotatable bonds is 9. The van der Waals surface area contributed by atoms with E-state index in [1.807, 2.05) is 0 Å². The summed E-state index contributed by atoms with van der Waals surface area (Å²) in [7, 11) is 0. The lowest BCUT2D eigenvalue weighted by atomic mass is 9.33. The minimum atomic E-state index is -0.321. The lowest BCUT2D eigenvalue weighted by molar-refractivity contribution is 0.590. The van der Waals surface area contributed by atoms with E-state index in [1.165, 1.54) is 33.1 Å². The first-order valence-corrected chi connectivity index (χ1v) is 35.6. The molecular formula is C96H77BN2O2. The van der Waals surface area contributed by atoms with Crippen LogP contribution >= 0.6 is 0 Å². The van der Waals surface area contributed by atoms with E-state index in [0.29, 0.717) is 0 Å². The third-order valence-corrected chi connectivity index (χ3v) is 21.3. The first-order chi connectivity index (χ1) is 49.0. The number of hydrogen-bond donors (Lipinski definition) is 0. The van der Waals surface area contributed by atoms with Crippen molar-refractivity contribution in [3.63, 3.8) is 0 Å². The van der Waals surface area contributed by atoms with Gasteiger partial charge in [-0.1, -0.05) is 293 Å². The highest BCUT2D eigenvalue weighted by Gasteiger charge is 2.46. The van der Waals surface area contributed by atoms with Crippen LogP contribution in [0.15, 0.2) is 312 Å². The van der Waals surface area contributed by atoms with Crippen LogP contribution in [0.25, 0.3) is 122 Å². The third kappa shape index (κ3) is 10.3. The van der Waals surface area contributed by atoms with Crippen LogP contribution in [0.4, 0.5) is 34.1 Å². The van der Waals surface area contributed by atoms with Crippen LogP contribution in [-0.2, 0) is 16.2 Å². The molecule has 16 aromatic rings. The van der Waals surface area contributed by atoms with Gasteiger partial charge in [0.05, 0.1) is 11.4 Å². The van der Waals surface area contributed by atoms with Crippen molar-refractivity contribution in [1.82, 2.24) is 0 Å².